The van der Waals surface area contributed by atoms with Crippen molar-refractivity contribution >= 4 is 10.0 Å². The normalized spacial score (nSPS) is 22.1. The van der Waals surface area contributed by atoms with Crippen LogP contribution in [0.1, 0.15) is 19.0 Å². The highest BCUT2D eigenvalue weighted by Crippen LogP contribution is 2.20. The Labute approximate surface area is 120 Å². The molecule has 1 aliphatic rings. The van der Waals surface area contributed by atoms with Crippen LogP contribution >= 0.6 is 0 Å². The summed E-state index contributed by atoms with van der Waals surface area (Å²) in [7, 11) is -1.41. The van der Waals surface area contributed by atoms with Crippen molar-refractivity contribution < 1.29 is 8.42 Å². The van der Waals surface area contributed by atoms with Crippen molar-refractivity contribution in [3.8, 4) is 0 Å². The molecule has 2 rings (SSSR count). The van der Waals surface area contributed by atoms with Gasteiger partial charge in [0, 0.05) is 38.4 Å². The summed E-state index contributed by atoms with van der Waals surface area (Å²) < 4.78 is 26.7. The Balaban J connectivity index is 2.21. The second-order valence-corrected chi connectivity index (χ2v) is 7.03. The quantitative estimate of drug-likeness (QED) is 0.862. The smallest absolute Gasteiger partial charge is 0.244 e. The van der Waals surface area contributed by atoms with E-state index in [1.165, 1.54) is 6.20 Å². The summed E-state index contributed by atoms with van der Waals surface area (Å²) in [6.45, 7) is 4.20. The predicted molar refractivity (Wildman–Crippen MR) is 77.6 cm³/mol. The Kier molecular flexibility index (Phi) is 4.74. The van der Waals surface area contributed by atoms with Crippen molar-refractivity contribution in [2.45, 2.75) is 30.8 Å². The highest BCUT2D eigenvalue weighted by Gasteiger charge is 2.32. The van der Waals surface area contributed by atoms with Crippen molar-refractivity contribution in [3.05, 3.63) is 24.0 Å². The second kappa shape index (κ2) is 6.17. The number of nitrogens with two attached hydrogens (primary N) is 1. The molecule has 0 saturated carbocycles. The van der Waals surface area contributed by atoms with E-state index in [1.54, 1.807) is 16.4 Å². The van der Waals surface area contributed by atoms with Gasteiger partial charge in [0.25, 0.3) is 0 Å². The lowest BCUT2D eigenvalue weighted by Gasteiger charge is -2.38. The number of aromatic nitrogens is 1. The first-order chi connectivity index (χ1) is 9.48. The van der Waals surface area contributed by atoms with Crippen molar-refractivity contribution in [1.82, 2.24) is 14.2 Å². The molecule has 1 aromatic rings. The van der Waals surface area contributed by atoms with Gasteiger partial charge in [0.1, 0.15) is 4.90 Å². The number of hydrogen-bond acceptors (Lipinski definition) is 5. The maximum Gasteiger partial charge on any atom is 0.244 e. The third-order valence-electron chi connectivity index (χ3n) is 3.86. The van der Waals surface area contributed by atoms with E-state index in [2.05, 4.69) is 16.8 Å². The summed E-state index contributed by atoms with van der Waals surface area (Å²) in [6.07, 6.45) is 2.34. The van der Waals surface area contributed by atoms with Crippen LogP contribution in [0.3, 0.4) is 0 Å². The van der Waals surface area contributed by atoms with Gasteiger partial charge in [0.15, 0.2) is 0 Å². The van der Waals surface area contributed by atoms with Gasteiger partial charge in [-0.3, -0.25) is 4.98 Å². The zero-order chi connectivity index (χ0) is 14.8. The summed E-state index contributed by atoms with van der Waals surface area (Å²) in [4.78, 5) is 6.53. The molecule has 1 saturated heterocycles. The molecular formula is C13H22N4O2S. The zero-order valence-electron chi connectivity index (χ0n) is 12.0. The first kappa shape index (κ1) is 15.4. The molecular weight excluding hydrogens is 276 g/mol. The summed E-state index contributed by atoms with van der Waals surface area (Å²) in [6, 6.07) is 3.53. The molecule has 0 spiro atoms. The fourth-order valence-corrected chi connectivity index (χ4v) is 3.82. The number of likely N-dealkylation sites (N-methyl/N-ethyl adjacent to an activating group) is 1. The molecule has 1 atom stereocenters. The fraction of sp³-hybridized carbons (Fsp3) is 0.615. The Morgan fingerprint density at radius 1 is 1.40 bits per heavy atom. The molecule has 0 aliphatic carbocycles. The van der Waals surface area contributed by atoms with Crippen LogP contribution in [0.15, 0.2) is 23.2 Å². The predicted octanol–water partition coefficient (Wildman–Crippen LogP) is 0.255. The minimum absolute atomic E-state index is 0.245. The zero-order valence-corrected chi connectivity index (χ0v) is 12.8. The van der Waals surface area contributed by atoms with Gasteiger partial charge in [0.05, 0.1) is 5.69 Å². The number of piperazine rings is 1. The number of rotatable bonds is 4. The molecule has 6 nitrogen and oxygen atoms in total. The van der Waals surface area contributed by atoms with E-state index in [0.717, 1.165) is 13.0 Å². The molecule has 2 N–H and O–H groups in total. The minimum Gasteiger partial charge on any atom is -0.325 e. The lowest BCUT2D eigenvalue weighted by atomic mass is 10.1. The molecule has 0 radical (unpaired) electrons. The van der Waals surface area contributed by atoms with Gasteiger partial charge < -0.3 is 10.6 Å². The Bertz CT molecular complexity index is 544. The summed E-state index contributed by atoms with van der Waals surface area (Å²) in [5.41, 5.74) is 6.16. The van der Waals surface area contributed by atoms with Crippen molar-refractivity contribution in [2.75, 3.05) is 26.7 Å². The average molecular weight is 298 g/mol. The molecule has 1 aromatic heterocycles. The maximum absolute atomic E-state index is 12.6. The van der Waals surface area contributed by atoms with Gasteiger partial charge in [-0.2, -0.15) is 4.31 Å². The summed E-state index contributed by atoms with van der Waals surface area (Å²) in [5.74, 6) is 0. The topological polar surface area (TPSA) is 79.5 Å². The van der Waals surface area contributed by atoms with E-state index in [9.17, 15) is 8.42 Å². The first-order valence-corrected chi connectivity index (χ1v) is 8.28. The fourth-order valence-electron chi connectivity index (χ4n) is 2.41. The first-order valence-electron chi connectivity index (χ1n) is 6.84. The van der Waals surface area contributed by atoms with Crippen LogP contribution in [0, 0.1) is 0 Å². The third-order valence-corrected chi connectivity index (χ3v) is 5.70. The van der Waals surface area contributed by atoms with Crippen LogP contribution in [0.5, 0.6) is 0 Å². The Morgan fingerprint density at radius 3 is 2.70 bits per heavy atom. The van der Waals surface area contributed by atoms with Crippen molar-refractivity contribution in [2.24, 2.45) is 5.73 Å². The van der Waals surface area contributed by atoms with E-state index in [1.807, 2.05) is 7.05 Å². The SMILES string of the molecule is CCC1CN(S(=O)(=O)c2ccc(CN)nc2)CCN1C. The molecule has 7 heteroatoms. The average Bonchev–Trinajstić information content (AvgIpc) is 2.47. The van der Waals surface area contributed by atoms with E-state index in [-0.39, 0.29) is 10.9 Å². The molecule has 0 amide bonds. The number of hydrogen-bond donors (Lipinski definition) is 1. The molecule has 1 aliphatic heterocycles. The Hall–Kier alpha value is -1.02. The molecule has 112 valence electrons. The maximum atomic E-state index is 12.6. The molecule has 1 fully saturated rings. The van der Waals surface area contributed by atoms with Gasteiger partial charge in [-0.25, -0.2) is 8.42 Å². The van der Waals surface area contributed by atoms with Gasteiger partial charge in [-0.1, -0.05) is 6.92 Å². The van der Waals surface area contributed by atoms with Crippen LogP contribution in [0.4, 0.5) is 0 Å². The minimum atomic E-state index is -3.45. The van der Waals surface area contributed by atoms with E-state index >= 15 is 0 Å². The highest BCUT2D eigenvalue weighted by molar-refractivity contribution is 7.89. The standard InChI is InChI=1S/C13H22N4O2S/c1-3-12-10-17(7-6-16(12)2)20(18,19)13-5-4-11(8-14)15-9-13/h4-5,9,12H,3,6-8,10,14H2,1-2H3. The lowest BCUT2D eigenvalue weighted by molar-refractivity contribution is 0.144. The monoisotopic (exact) mass is 298 g/mol. The van der Waals surface area contributed by atoms with Crippen LogP contribution in [0.2, 0.25) is 0 Å². The third kappa shape index (κ3) is 3.01. The van der Waals surface area contributed by atoms with Gasteiger partial charge in [-0.05, 0) is 25.6 Å². The van der Waals surface area contributed by atoms with E-state index in [0.29, 0.717) is 25.3 Å². The van der Waals surface area contributed by atoms with E-state index in [4.69, 9.17) is 5.73 Å². The molecule has 2 heterocycles. The Morgan fingerprint density at radius 2 is 2.15 bits per heavy atom. The molecule has 0 bridgehead atoms. The van der Waals surface area contributed by atoms with Crippen LogP contribution < -0.4 is 5.73 Å². The van der Waals surface area contributed by atoms with E-state index < -0.39 is 10.0 Å². The number of pyridine rings is 1. The van der Waals surface area contributed by atoms with Crippen molar-refractivity contribution in [1.29, 1.82) is 0 Å². The van der Waals surface area contributed by atoms with Gasteiger partial charge in [0.2, 0.25) is 10.0 Å². The van der Waals surface area contributed by atoms with Crippen LogP contribution in [0.25, 0.3) is 0 Å². The molecule has 0 aromatic carbocycles. The van der Waals surface area contributed by atoms with Gasteiger partial charge in [-0.15, -0.1) is 0 Å². The second-order valence-electron chi connectivity index (χ2n) is 5.10. The lowest BCUT2D eigenvalue weighted by Crippen LogP contribution is -2.52. The van der Waals surface area contributed by atoms with Crippen molar-refractivity contribution in [3.63, 3.8) is 0 Å². The summed E-state index contributed by atoms with van der Waals surface area (Å²) in [5, 5.41) is 0. The van der Waals surface area contributed by atoms with Gasteiger partial charge >= 0.3 is 0 Å². The highest BCUT2D eigenvalue weighted by atomic mass is 32.2. The molecule has 20 heavy (non-hydrogen) atoms. The molecule has 1 unspecified atom stereocenters. The van der Waals surface area contributed by atoms with Crippen LogP contribution in [-0.4, -0.2) is 55.3 Å². The summed E-state index contributed by atoms with van der Waals surface area (Å²) >= 11 is 0. The van der Waals surface area contributed by atoms with Crippen LogP contribution in [-0.2, 0) is 16.6 Å². The number of nitrogens with zero attached hydrogens (tertiary/aromatic N) is 3. The number of sulfonamides is 1. The largest absolute Gasteiger partial charge is 0.325 e.